The molecule has 0 atom stereocenters. The van der Waals surface area contributed by atoms with Gasteiger partial charge in [-0.2, -0.15) is 0 Å². The minimum Gasteiger partial charge on any atom is -0.248 e. The van der Waals surface area contributed by atoms with Crippen LogP contribution < -0.4 is 21.4 Å². The summed E-state index contributed by atoms with van der Waals surface area (Å²) in [5, 5.41) is 15.3. The van der Waals surface area contributed by atoms with Crippen molar-refractivity contribution in [1.82, 2.24) is 0 Å². The van der Waals surface area contributed by atoms with Crippen LogP contribution in [0.3, 0.4) is 0 Å². The molecule has 4 heteroatoms. The second kappa shape index (κ2) is 16.8. The van der Waals surface area contributed by atoms with Gasteiger partial charge in [-0.1, -0.05) is 105 Å². The number of para-hydroxylation sites is 4. The van der Waals surface area contributed by atoms with Gasteiger partial charge in [0, 0.05) is 21.5 Å². The Kier molecular flexibility index (Phi) is 10.8. The van der Waals surface area contributed by atoms with Crippen LogP contribution in [0.15, 0.2) is 190 Å². The fourth-order valence-electron chi connectivity index (χ4n) is 8.31. The third-order valence-corrected chi connectivity index (χ3v) is 11.6. The van der Waals surface area contributed by atoms with Crippen LogP contribution in [0.2, 0.25) is 0 Å². The first kappa shape index (κ1) is 39.2. The highest BCUT2D eigenvalue weighted by atomic mass is 14.8. The van der Waals surface area contributed by atoms with Gasteiger partial charge in [0.1, 0.15) is 0 Å². The summed E-state index contributed by atoms with van der Waals surface area (Å²) in [6, 6.07) is 59.4. The van der Waals surface area contributed by atoms with E-state index >= 15 is 0 Å². The molecule has 0 amide bonds. The summed E-state index contributed by atoms with van der Waals surface area (Å²) in [5.74, 6) is 0. The maximum atomic E-state index is 5.29. The topological polar surface area (TPSA) is 49.4 Å². The molecule has 0 saturated heterocycles. The van der Waals surface area contributed by atoms with Gasteiger partial charge < -0.3 is 0 Å². The number of fused-ring (bicyclic) bond motifs is 6. The number of benzene rings is 10. The lowest BCUT2D eigenvalue weighted by Crippen LogP contribution is -2.20. The lowest BCUT2D eigenvalue weighted by molar-refractivity contribution is 1.09. The van der Waals surface area contributed by atoms with E-state index in [4.69, 9.17) is 20.0 Å². The molecular formula is C57H48N4. The summed E-state index contributed by atoms with van der Waals surface area (Å²) in [6.45, 7) is 12.9. The predicted octanol–water partition coefficient (Wildman–Crippen LogP) is 13.9. The Labute approximate surface area is 356 Å². The Morgan fingerprint density at radius 2 is 0.525 bits per heavy atom. The SMILES string of the molecule is CCC.Cc1c(C)c(=Nc2ccccc2)c2cc3cc4c(ccc5cc6c(=Nc7ccccc7)c(C)c(C)c(=Nc7ccccc7)c6cc54)cc3cc2c1=Nc1ccccc1. The van der Waals surface area contributed by atoms with E-state index in [1.54, 1.807) is 0 Å². The van der Waals surface area contributed by atoms with Crippen LogP contribution in [-0.4, -0.2) is 0 Å². The first-order valence-electron chi connectivity index (χ1n) is 21.2. The third-order valence-electron chi connectivity index (χ3n) is 11.6. The van der Waals surface area contributed by atoms with Crippen LogP contribution >= 0.6 is 0 Å². The Morgan fingerprint density at radius 1 is 0.279 bits per heavy atom. The molecule has 0 heterocycles. The smallest absolute Gasteiger partial charge is 0.0748 e. The zero-order valence-electron chi connectivity index (χ0n) is 35.7. The third kappa shape index (κ3) is 7.58. The monoisotopic (exact) mass is 788 g/mol. The average molecular weight is 789 g/mol. The molecule has 0 N–H and O–H groups in total. The fourth-order valence-corrected chi connectivity index (χ4v) is 8.31. The van der Waals surface area contributed by atoms with Crippen molar-refractivity contribution in [2.75, 3.05) is 0 Å². The molecule has 10 aromatic rings. The molecule has 0 aliphatic carbocycles. The van der Waals surface area contributed by atoms with Crippen LogP contribution in [0, 0.1) is 27.7 Å². The van der Waals surface area contributed by atoms with Gasteiger partial charge in [-0.15, -0.1) is 0 Å². The molecule has 61 heavy (non-hydrogen) atoms. The number of hydrogen-bond donors (Lipinski definition) is 0. The molecule has 0 spiro atoms. The molecule has 0 bridgehead atoms. The quantitative estimate of drug-likeness (QED) is 0.126. The Hall–Kier alpha value is -7.30. The molecule has 0 unspecified atom stereocenters. The molecular weight excluding hydrogens is 741 g/mol. The molecule has 0 fully saturated rings. The maximum absolute atomic E-state index is 5.29. The van der Waals surface area contributed by atoms with Crippen molar-refractivity contribution in [3.8, 4) is 0 Å². The van der Waals surface area contributed by atoms with Crippen LogP contribution in [0.4, 0.5) is 22.7 Å². The second-order valence-electron chi connectivity index (χ2n) is 15.9. The van der Waals surface area contributed by atoms with E-state index in [1.807, 2.05) is 72.8 Å². The second-order valence-corrected chi connectivity index (χ2v) is 15.9. The highest BCUT2D eigenvalue weighted by Gasteiger charge is 2.15. The lowest BCUT2D eigenvalue weighted by Gasteiger charge is -2.13. The number of hydrogen-bond acceptors (Lipinski definition) is 4. The zero-order valence-corrected chi connectivity index (χ0v) is 35.7. The molecule has 4 nitrogen and oxygen atoms in total. The van der Waals surface area contributed by atoms with Crippen LogP contribution in [0.5, 0.6) is 0 Å². The van der Waals surface area contributed by atoms with Gasteiger partial charge in [0.2, 0.25) is 0 Å². The molecule has 0 saturated carbocycles. The van der Waals surface area contributed by atoms with Gasteiger partial charge in [0.05, 0.1) is 44.2 Å². The van der Waals surface area contributed by atoms with Crippen LogP contribution in [-0.2, 0) is 0 Å². The van der Waals surface area contributed by atoms with E-state index in [0.29, 0.717) is 0 Å². The van der Waals surface area contributed by atoms with E-state index in [-0.39, 0.29) is 0 Å². The first-order chi connectivity index (χ1) is 29.8. The molecule has 0 aliphatic rings. The fraction of sp³-hybridized carbons (Fsp3) is 0.123. The standard InChI is InChI=1S/C54H40N4.C3H8/c1-33-34(2)53(57-43-21-13-7-14-22-43)49-31-40-29-45-37(27-39(40)30-48(49)52(33)56-42-19-11-6-12-20-42)25-26-38-28-47-50(32-46(38)45)54(58-44-23-15-8-16-24-44)36(4)35(3)51(47)55-41-17-9-5-10-18-41;1-3-2/h5-32H,1-4H3;3H2,1-2H3. The summed E-state index contributed by atoms with van der Waals surface area (Å²) in [5.41, 5.74) is 8.22. The van der Waals surface area contributed by atoms with Gasteiger partial charge in [0.15, 0.2) is 0 Å². The van der Waals surface area contributed by atoms with Crippen molar-refractivity contribution in [2.24, 2.45) is 20.0 Å². The van der Waals surface area contributed by atoms with E-state index in [9.17, 15) is 0 Å². The minimum atomic E-state index is 0.926. The summed E-state index contributed by atoms with van der Waals surface area (Å²) in [7, 11) is 0. The van der Waals surface area contributed by atoms with E-state index in [2.05, 4.69) is 139 Å². The van der Waals surface area contributed by atoms with Crippen molar-refractivity contribution in [2.45, 2.75) is 48.0 Å². The highest BCUT2D eigenvalue weighted by Crippen LogP contribution is 2.33. The molecule has 0 radical (unpaired) electrons. The Bertz CT molecular complexity index is 3450. The van der Waals surface area contributed by atoms with Gasteiger partial charge in [0.25, 0.3) is 0 Å². The first-order valence-corrected chi connectivity index (χ1v) is 21.2. The maximum Gasteiger partial charge on any atom is 0.0748 e. The number of nitrogens with zero attached hydrogens (tertiary/aromatic N) is 4. The van der Waals surface area contributed by atoms with E-state index < -0.39 is 0 Å². The molecule has 0 aliphatic heterocycles. The van der Waals surface area contributed by atoms with Crippen molar-refractivity contribution in [3.63, 3.8) is 0 Å². The average Bonchev–Trinajstić information content (AvgIpc) is 3.29. The van der Waals surface area contributed by atoms with Crippen molar-refractivity contribution in [3.05, 3.63) is 214 Å². The summed E-state index contributed by atoms with van der Waals surface area (Å²) in [6.07, 6.45) is 1.25. The van der Waals surface area contributed by atoms with Crippen LogP contribution in [0.1, 0.15) is 42.5 Å². The van der Waals surface area contributed by atoms with Crippen LogP contribution in [0.25, 0.3) is 53.9 Å². The number of rotatable bonds is 4. The minimum absolute atomic E-state index is 0.926. The van der Waals surface area contributed by atoms with Crippen molar-refractivity contribution < 1.29 is 0 Å². The summed E-state index contributed by atoms with van der Waals surface area (Å²) in [4.78, 5) is 21.0. The molecule has 10 aromatic carbocycles. The Morgan fingerprint density at radius 3 is 0.869 bits per heavy atom. The van der Waals surface area contributed by atoms with E-state index in [1.165, 1.54) is 22.6 Å². The van der Waals surface area contributed by atoms with E-state index in [0.717, 1.165) is 104 Å². The molecule has 10 rings (SSSR count). The van der Waals surface area contributed by atoms with Crippen molar-refractivity contribution in [1.29, 1.82) is 0 Å². The van der Waals surface area contributed by atoms with Gasteiger partial charge in [-0.3, -0.25) is 0 Å². The van der Waals surface area contributed by atoms with Gasteiger partial charge >= 0.3 is 0 Å². The predicted molar refractivity (Wildman–Crippen MR) is 258 cm³/mol. The normalized spacial score (nSPS) is 12.9. The lowest BCUT2D eigenvalue weighted by atomic mass is 9.92. The van der Waals surface area contributed by atoms with Gasteiger partial charge in [-0.05, 0) is 167 Å². The Balaban J connectivity index is 0.00000154. The largest absolute Gasteiger partial charge is 0.248 e. The summed E-state index contributed by atoms with van der Waals surface area (Å²) < 4.78 is 0. The zero-order chi connectivity index (χ0) is 42.0. The molecule has 296 valence electrons. The van der Waals surface area contributed by atoms with Crippen molar-refractivity contribution >= 4 is 76.6 Å². The summed E-state index contributed by atoms with van der Waals surface area (Å²) >= 11 is 0. The van der Waals surface area contributed by atoms with Gasteiger partial charge in [-0.25, -0.2) is 20.0 Å². The molecule has 0 aromatic heterocycles. The highest BCUT2D eigenvalue weighted by molar-refractivity contribution is 6.16.